The zero-order valence-corrected chi connectivity index (χ0v) is 20.8. The van der Waals surface area contributed by atoms with E-state index in [0.717, 1.165) is 24.1 Å². The van der Waals surface area contributed by atoms with Crippen molar-refractivity contribution >= 4 is 39.8 Å². The van der Waals surface area contributed by atoms with Crippen molar-refractivity contribution in [2.75, 3.05) is 19.8 Å². The van der Waals surface area contributed by atoms with Gasteiger partial charge in [-0.15, -0.1) is 24.0 Å². The lowest BCUT2D eigenvalue weighted by Crippen LogP contribution is -2.37. The molecular weight excluding hydrogens is 525 g/mol. The highest BCUT2D eigenvalue weighted by molar-refractivity contribution is 14.0. The van der Waals surface area contributed by atoms with E-state index in [1.165, 1.54) is 11.8 Å². The van der Waals surface area contributed by atoms with E-state index < -0.39 is 9.84 Å². The molecule has 2 aromatic carbocycles. The highest BCUT2D eigenvalue weighted by Gasteiger charge is 2.06. The van der Waals surface area contributed by atoms with Gasteiger partial charge in [0.15, 0.2) is 15.8 Å². The van der Waals surface area contributed by atoms with Gasteiger partial charge in [-0.2, -0.15) is 5.10 Å². The van der Waals surface area contributed by atoms with E-state index in [0.29, 0.717) is 23.9 Å². The van der Waals surface area contributed by atoms with Gasteiger partial charge in [0, 0.05) is 38.2 Å². The van der Waals surface area contributed by atoms with E-state index in [4.69, 9.17) is 0 Å². The summed E-state index contributed by atoms with van der Waals surface area (Å²) in [4.78, 5) is 4.58. The normalized spacial score (nSPS) is 11.6. The summed E-state index contributed by atoms with van der Waals surface area (Å²) >= 11 is 0. The molecule has 2 N–H and O–H groups in total. The van der Waals surface area contributed by atoms with Crippen LogP contribution in [0.15, 0.2) is 76.9 Å². The fourth-order valence-electron chi connectivity index (χ4n) is 2.99. The van der Waals surface area contributed by atoms with Crippen molar-refractivity contribution in [3.63, 3.8) is 0 Å². The first-order chi connectivity index (χ1) is 14.4. The number of rotatable bonds is 8. The molecule has 3 aromatic rings. The Balaban J connectivity index is 0.00000341. The third-order valence-electron chi connectivity index (χ3n) is 4.62. The first-order valence-electron chi connectivity index (χ1n) is 9.73. The largest absolute Gasteiger partial charge is 0.356 e. The molecule has 1 heterocycles. The van der Waals surface area contributed by atoms with Gasteiger partial charge in [-0.25, -0.2) is 8.42 Å². The average Bonchev–Trinajstić information content (AvgIpc) is 3.18. The van der Waals surface area contributed by atoms with Crippen molar-refractivity contribution in [1.29, 1.82) is 0 Å². The molecule has 0 aliphatic heterocycles. The molecule has 1 aromatic heterocycles. The molecule has 166 valence electrons. The topological polar surface area (TPSA) is 88.4 Å². The quantitative estimate of drug-likeness (QED) is 0.255. The van der Waals surface area contributed by atoms with Crippen LogP contribution in [0.4, 0.5) is 0 Å². The van der Waals surface area contributed by atoms with E-state index in [-0.39, 0.29) is 24.0 Å². The number of nitrogens with zero attached hydrogens (tertiary/aromatic N) is 3. The summed E-state index contributed by atoms with van der Waals surface area (Å²) in [6.45, 7) is 2.05. The van der Waals surface area contributed by atoms with Crippen LogP contribution in [-0.4, -0.2) is 44.0 Å². The Hall–Kier alpha value is -2.40. The van der Waals surface area contributed by atoms with Gasteiger partial charge in [0.1, 0.15) is 0 Å². The molecule has 0 radical (unpaired) electrons. The fourth-order valence-corrected chi connectivity index (χ4v) is 3.62. The molecule has 0 aliphatic carbocycles. The lowest BCUT2D eigenvalue weighted by molar-refractivity contribution is 0.602. The third kappa shape index (κ3) is 7.98. The minimum Gasteiger partial charge on any atom is -0.356 e. The highest BCUT2D eigenvalue weighted by atomic mass is 127. The Morgan fingerprint density at radius 2 is 1.71 bits per heavy atom. The van der Waals surface area contributed by atoms with Gasteiger partial charge in [0.2, 0.25) is 0 Å². The number of aliphatic imine (C=N–C) groups is 1. The summed E-state index contributed by atoms with van der Waals surface area (Å²) in [7, 11) is -1.43. The minimum atomic E-state index is -3.16. The van der Waals surface area contributed by atoms with Gasteiger partial charge in [0.25, 0.3) is 0 Å². The monoisotopic (exact) mass is 553 g/mol. The van der Waals surface area contributed by atoms with E-state index in [9.17, 15) is 8.42 Å². The Morgan fingerprint density at radius 1 is 1.00 bits per heavy atom. The van der Waals surface area contributed by atoms with Gasteiger partial charge in [-0.05, 0) is 29.7 Å². The van der Waals surface area contributed by atoms with Crippen LogP contribution in [0.1, 0.15) is 16.7 Å². The average molecular weight is 553 g/mol. The van der Waals surface area contributed by atoms with Crippen LogP contribution in [0.5, 0.6) is 0 Å². The summed E-state index contributed by atoms with van der Waals surface area (Å²) < 4.78 is 25.0. The maximum atomic E-state index is 11.5. The van der Waals surface area contributed by atoms with Crippen molar-refractivity contribution in [3.8, 4) is 0 Å². The van der Waals surface area contributed by atoms with Gasteiger partial charge >= 0.3 is 0 Å². The number of hydrogen-bond donors (Lipinski definition) is 2. The number of sulfone groups is 1. The number of guanidine groups is 1. The lowest BCUT2D eigenvalue weighted by atomic mass is 10.1. The van der Waals surface area contributed by atoms with Crippen LogP contribution in [0.3, 0.4) is 0 Å². The summed E-state index contributed by atoms with van der Waals surface area (Å²) in [5, 5.41) is 11.0. The van der Waals surface area contributed by atoms with Crippen molar-refractivity contribution in [2.24, 2.45) is 4.99 Å². The van der Waals surface area contributed by atoms with E-state index in [1.807, 2.05) is 47.4 Å². The Labute approximate surface area is 200 Å². The smallest absolute Gasteiger partial charge is 0.191 e. The second-order valence-electron chi connectivity index (χ2n) is 7.05. The second kappa shape index (κ2) is 11.8. The molecule has 9 heteroatoms. The van der Waals surface area contributed by atoms with Crippen molar-refractivity contribution < 1.29 is 8.42 Å². The van der Waals surface area contributed by atoms with Crippen LogP contribution in [0, 0.1) is 0 Å². The number of halogens is 1. The fraction of sp³-hybridized carbons (Fsp3) is 0.273. The molecule has 0 saturated carbocycles. The second-order valence-corrected chi connectivity index (χ2v) is 9.07. The summed E-state index contributed by atoms with van der Waals surface area (Å²) in [5.74, 6) is 0.707. The molecule has 31 heavy (non-hydrogen) atoms. The molecule has 0 spiro atoms. The predicted octanol–water partition coefficient (Wildman–Crippen LogP) is 2.86. The molecule has 0 fully saturated rings. The minimum absolute atomic E-state index is 0. The molecule has 0 unspecified atom stereocenters. The molecule has 3 rings (SSSR count). The van der Waals surface area contributed by atoms with Crippen LogP contribution < -0.4 is 10.6 Å². The SMILES string of the molecule is CN=C(NCCc1ccc(S(C)(=O)=O)cc1)NCc1cnn(Cc2ccccc2)c1.I. The zero-order chi connectivity index (χ0) is 21.4. The van der Waals surface area contributed by atoms with Gasteiger partial charge in [0.05, 0.1) is 17.6 Å². The van der Waals surface area contributed by atoms with E-state index in [1.54, 1.807) is 19.2 Å². The summed E-state index contributed by atoms with van der Waals surface area (Å²) in [6.07, 6.45) is 5.85. The number of aromatic nitrogens is 2. The standard InChI is InChI=1S/C22H27N5O2S.HI/c1-23-22(24-13-12-18-8-10-21(11-9-18)30(2,28)29)25-14-20-15-26-27(17-20)16-19-6-4-3-5-7-19;/h3-11,15,17H,12-14,16H2,1-2H3,(H2,23,24,25);1H. The van der Waals surface area contributed by atoms with Crippen LogP contribution in [0.2, 0.25) is 0 Å². The molecular formula is C22H28IN5O2S. The molecule has 0 aliphatic rings. The maximum Gasteiger partial charge on any atom is 0.191 e. The zero-order valence-electron chi connectivity index (χ0n) is 17.7. The Kier molecular flexibility index (Phi) is 9.50. The Bertz CT molecular complexity index is 1080. The molecule has 0 bridgehead atoms. The molecule has 0 amide bonds. The number of hydrogen-bond acceptors (Lipinski definition) is 4. The van der Waals surface area contributed by atoms with Crippen LogP contribution in [-0.2, 0) is 29.3 Å². The van der Waals surface area contributed by atoms with Crippen molar-refractivity contribution in [3.05, 3.63) is 83.7 Å². The first-order valence-corrected chi connectivity index (χ1v) is 11.6. The van der Waals surface area contributed by atoms with Crippen LogP contribution >= 0.6 is 24.0 Å². The molecule has 7 nitrogen and oxygen atoms in total. The van der Waals surface area contributed by atoms with Gasteiger partial charge < -0.3 is 10.6 Å². The summed E-state index contributed by atoms with van der Waals surface area (Å²) in [6, 6.07) is 17.2. The highest BCUT2D eigenvalue weighted by Crippen LogP contribution is 2.10. The number of nitrogens with one attached hydrogen (secondary N) is 2. The van der Waals surface area contributed by atoms with Crippen molar-refractivity contribution in [1.82, 2.24) is 20.4 Å². The first kappa shape index (κ1) is 24.9. The van der Waals surface area contributed by atoms with E-state index in [2.05, 4.69) is 32.9 Å². The van der Waals surface area contributed by atoms with Crippen molar-refractivity contribution in [2.45, 2.75) is 24.4 Å². The summed E-state index contributed by atoms with van der Waals surface area (Å²) in [5.41, 5.74) is 3.35. The van der Waals surface area contributed by atoms with E-state index >= 15 is 0 Å². The maximum absolute atomic E-state index is 11.5. The van der Waals surface area contributed by atoms with Crippen LogP contribution in [0.25, 0.3) is 0 Å². The van der Waals surface area contributed by atoms with Gasteiger partial charge in [-0.3, -0.25) is 9.67 Å². The molecule has 0 saturated heterocycles. The Morgan fingerprint density at radius 3 is 2.35 bits per heavy atom. The number of benzene rings is 2. The lowest BCUT2D eigenvalue weighted by Gasteiger charge is -2.11. The predicted molar refractivity (Wildman–Crippen MR) is 135 cm³/mol. The molecule has 0 atom stereocenters. The van der Waals surface area contributed by atoms with Gasteiger partial charge in [-0.1, -0.05) is 42.5 Å². The third-order valence-corrected chi connectivity index (χ3v) is 5.74.